The van der Waals surface area contributed by atoms with Crippen molar-refractivity contribution in [2.45, 2.75) is 13.3 Å². The van der Waals surface area contributed by atoms with Gasteiger partial charge in [-0.3, -0.25) is 4.79 Å². The SMILES string of the molecule is CCCN(CC(=O)O)c1cc(Cl)ccc1Oc1ccccc1. The van der Waals surface area contributed by atoms with Crippen LogP contribution in [-0.4, -0.2) is 24.2 Å². The van der Waals surface area contributed by atoms with Crippen LogP contribution >= 0.6 is 11.6 Å². The van der Waals surface area contributed by atoms with Gasteiger partial charge >= 0.3 is 5.97 Å². The predicted molar refractivity (Wildman–Crippen MR) is 88.1 cm³/mol. The number of hydrogen-bond donors (Lipinski definition) is 1. The number of rotatable bonds is 7. The summed E-state index contributed by atoms with van der Waals surface area (Å²) >= 11 is 6.07. The van der Waals surface area contributed by atoms with Gasteiger partial charge in [-0.2, -0.15) is 0 Å². The number of anilines is 1. The van der Waals surface area contributed by atoms with E-state index in [1.807, 2.05) is 37.3 Å². The number of carbonyl (C=O) groups is 1. The summed E-state index contributed by atoms with van der Waals surface area (Å²) in [6.45, 7) is 2.51. The zero-order valence-electron chi connectivity index (χ0n) is 12.3. The van der Waals surface area contributed by atoms with E-state index in [2.05, 4.69) is 0 Å². The third-order valence-electron chi connectivity index (χ3n) is 3.05. The molecule has 4 nitrogen and oxygen atoms in total. The summed E-state index contributed by atoms with van der Waals surface area (Å²) in [7, 11) is 0. The Kier molecular flexibility index (Phi) is 5.67. The summed E-state index contributed by atoms with van der Waals surface area (Å²) in [5.74, 6) is 0.391. The molecule has 0 spiro atoms. The smallest absolute Gasteiger partial charge is 0.323 e. The van der Waals surface area contributed by atoms with Gasteiger partial charge in [-0.25, -0.2) is 0 Å². The van der Waals surface area contributed by atoms with Gasteiger partial charge in [-0.05, 0) is 36.8 Å². The van der Waals surface area contributed by atoms with Gasteiger partial charge < -0.3 is 14.7 Å². The number of nitrogens with zero attached hydrogens (tertiary/aromatic N) is 1. The predicted octanol–water partition coefficient (Wildman–Crippen LogP) is 4.43. The first kappa shape index (κ1) is 16.2. The van der Waals surface area contributed by atoms with Crippen molar-refractivity contribution in [1.29, 1.82) is 0 Å². The first-order valence-electron chi connectivity index (χ1n) is 7.09. The molecule has 0 saturated heterocycles. The summed E-state index contributed by atoms with van der Waals surface area (Å²) in [6, 6.07) is 14.6. The number of para-hydroxylation sites is 1. The van der Waals surface area contributed by atoms with Crippen molar-refractivity contribution >= 4 is 23.3 Å². The van der Waals surface area contributed by atoms with Gasteiger partial charge in [-0.1, -0.05) is 36.7 Å². The molecule has 0 amide bonds. The van der Waals surface area contributed by atoms with Crippen molar-refractivity contribution in [3.05, 3.63) is 53.6 Å². The molecule has 0 aromatic heterocycles. The fourth-order valence-electron chi connectivity index (χ4n) is 2.16. The molecule has 0 fully saturated rings. The van der Waals surface area contributed by atoms with Crippen LogP contribution in [0.3, 0.4) is 0 Å². The Hall–Kier alpha value is -2.20. The number of carboxylic acid groups (broad SMARTS) is 1. The number of halogens is 1. The molecule has 2 aromatic rings. The average molecular weight is 320 g/mol. The van der Waals surface area contributed by atoms with Gasteiger partial charge in [0.05, 0.1) is 5.69 Å². The number of benzene rings is 2. The monoisotopic (exact) mass is 319 g/mol. The number of hydrogen-bond acceptors (Lipinski definition) is 3. The van der Waals surface area contributed by atoms with E-state index in [1.54, 1.807) is 23.1 Å². The van der Waals surface area contributed by atoms with Crippen LogP contribution < -0.4 is 9.64 Å². The third-order valence-corrected chi connectivity index (χ3v) is 3.29. The number of aliphatic carboxylic acids is 1. The summed E-state index contributed by atoms with van der Waals surface area (Å²) in [5, 5.41) is 9.65. The standard InChI is InChI=1S/C17H18ClNO3/c1-2-10-19(12-17(20)21)15-11-13(18)8-9-16(15)22-14-6-4-3-5-7-14/h3-9,11H,2,10,12H2,1H3,(H,20,21). The van der Waals surface area contributed by atoms with E-state index in [9.17, 15) is 4.79 Å². The molecule has 0 radical (unpaired) electrons. The first-order valence-corrected chi connectivity index (χ1v) is 7.47. The van der Waals surface area contributed by atoms with Crippen LogP contribution in [0, 0.1) is 0 Å². The van der Waals surface area contributed by atoms with Crippen LogP contribution in [0.4, 0.5) is 5.69 Å². The lowest BCUT2D eigenvalue weighted by atomic mass is 10.2. The van der Waals surface area contributed by atoms with Gasteiger partial charge in [0.1, 0.15) is 12.3 Å². The van der Waals surface area contributed by atoms with Crippen molar-refractivity contribution in [3.8, 4) is 11.5 Å². The van der Waals surface area contributed by atoms with E-state index in [0.29, 0.717) is 28.8 Å². The maximum absolute atomic E-state index is 11.1. The maximum atomic E-state index is 11.1. The molecule has 0 aliphatic rings. The first-order chi connectivity index (χ1) is 10.6. The largest absolute Gasteiger partial charge is 0.480 e. The fourth-order valence-corrected chi connectivity index (χ4v) is 2.32. The molecule has 1 N–H and O–H groups in total. The number of carboxylic acids is 1. The molecule has 22 heavy (non-hydrogen) atoms. The minimum Gasteiger partial charge on any atom is -0.480 e. The van der Waals surface area contributed by atoms with Gasteiger partial charge in [0, 0.05) is 11.6 Å². The molecule has 0 unspecified atom stereocenters. The fraction of sp³-hybridized carbons (Fsp3) is 0.235. The molecule has 0 bridgehead atoms. The molecule has 5 heteroatoms. The van der Waals surface area contributed by atoms with E-state index < -0.39 is 5.97 Å². The minimum absolute atomic E-state index is 0.0979. The Labute approximate surface area is 134 Å². The van der Waals surface area contributed by atoms with Crippen LogP contribution in [0.15, 0.2) is 48.5 Å². The molecular formula is C17H18ClNO3. The lowest BCUT2D eigenvalue weighted by molar-refractivity contribution is -0.135. The second kappa shape index (κ2) is 7.71. The summed E-state index contributed by atoms with van der Waals surface area (Å²) in [4.78, 5) is 12.9. The van der Waals surface area contributed by atoms with Crippen molar-refractivity contribution in [3.63, 3.8) is 0 Å². The lowest BCUT2D eigenvalue weighted by Gasteiger charge is -2.25. The Morgan fingerprint density at radius 2 is 1.95 bits per heavy atom. The molecule has 2 rings (SSSR count). The van der Waals surface area contributed by atoms with Gasteiger partial charge in [0.25, 0.3) is 0 Å². The molecule has 0 aliphatic heterocycles. The Morgan fingerprint density at radius 1 is 1.23 bits per heavy atom. The molecule has 0 atom stereocenters. The van der Waals surface area contributed by atoms with E-state index in [1.165, 1.54) is 0 Å². The van der Waals surface area contributed by atoms with E-state index in [4.69, 9.17) is 21.4 Å². The van der Waals surface area contributed by atoms with E-state index >= 15 is 0 Å². The van der Waals surface area contributed by atoms with Crippen LogP contribution in [-0.2, 0) is 4.79 Å². The van der Waals surface area contributed by atoms with Crippen molar-refractivity contribution in [2.75, 3.05) is 18.0 Å². The summed E-state index contributed by atoms with van der Waals surface area (Å²) in [5.41, 5.74) is 0.681. The zero-order chi connectivity index (χ0) is 15.9. The van der Waals surface area contributed by atoms with Gasteiger partial charge in [0.15, 0.2) is 5.75 Å². The highest BCUT2D eigenvalue weighted by Gasteiger charge is 2.16. The average Bonchev–Trinajstić information content (AvgIpc) is 2.49. The van der Waals surface area contributed by atoms with Crippen molar-refractivity contribution < 1.29 is 14.6 Å². The molecule has 0 heterocycles. The maximum Gasteiger partial charge on any atom is 0.323 e. The minimum atomic E-state index is -0.890. The normalized spacial score (nSPS) is 10.3. The molecule has 0 saturated carbocycles. The molecular weight excluding hydrogens is 302 g/mol. The molecule has 0 aliphatic carbocycles. The Balaban J connectivity index is 2.35. The Morgan fingerprint density at radius 3 is 2.59 bits per heavy atom. The highest BCUT2D eigenvalue weighted by molar-refractivity contribution is 6.31. The van der Waals surface area contributed by atoms with E-state index in [-0.39, 0.29) is 6.54 Å². The second-order valence-corrected chi connectivity index (χ2v) is 5.28. The summed E-state index contributed by atoms with van der Waals surface area (Å²) < 4.78 is 5.88. The van der Waals surface area contributed by atoms with Gasteiger partial charge in [0.2, 0.25) is 0 Å². The highest BCUT2D eigenvalue weighted by Crippen LogP contribution is 2.34. The Bertz CT molecular complexity index is 631. The number of ether oxygens (including phenoxy) is 1. The van der Waals surface area contributed by atoms with Crippen molar-refractivity contribution in [2.24, 2.45) is 0 Å². The van der Waals surface area contributed by atoms with Gasteiger partial charge in [-0.15, -0.1) is 0 Å². The van der Waals surface area contributed by atoms with E-state index in [0.717, 1.165) is 6.42 Å². The molecule has 2 aromatic carbocycles. The third kappa shape index (κ3) is 4.40. The summed E-state index contributed by atoms with van der Waals surface area (Å²) in [6.07, 6.45) is 0.824. The quantitative estimate of drug-likeness (QED) is 0.820. The zero-order valence-corrected chi connectivity index (χ0v) is 13.1. The van der Waals surface area contributed by atoms with Crippen LogP contribution in [0.2, 0.25) is 5.02 Å². The topological polar surface area (TPSA) is 49.8 Å². The van der Waals surface area contributed by atoms with Crippen LogP contribution in [0.1, 0.15) is 13.3 Å². The van der Waals surface area contributed by atoms with Crippen molar-refractivity contribution in [1.82, 2.24) is 0 Å². The van der Waals surface area contributed by atoms with Crippen LogP contribution in [0.5, 0.6) is 11.5 Å². The van der Waals surface area contributed by atoms with Crippen LogP contribution in [0.25, 0.3) is 0 Å². The highest BCUT2D eigenvalue weighted by atomic mass is 35.5. The molecule has 116 valence electrons. The second-order valence-electron chi connectivity index (χ2n) is 4.84. The lowest BCUT2D eigenvalue weighted by Crippen LogP contribution is -2.30.